The number of benzene rings is 1. The molecule has 1 aliphatic carbocycles. The third-order valence-electron chi connectivity index (χ3n) is 8.57. The number of nitrogens with zero attached hydrogens (tertiary/aromatic N) is 4. The minimum absolute atomic E-state index is 0.0132. The van der Waals surface area contributed by atoms with Gasteiger partial charge in [0.25, 0.3) is 5.91 Å². The van der Waals surface area contributed by atoms with Crippen LogP contribution < -0.4 is 15.5 Å². The van der Waals surface area contributed by atoms with Gasteiger partial charge in [0, 0.05) is 43.0 Å². The van der Waals surface area contributed by atoms with Crippen LogP contribution in [0.25, 0.3) is 16.8 Å². The number of hydrogen-bond acceptors (Lipinski definition) is 7. The van der Waals surface area contributed by atoms with Crippen molar-refractivity contribution in [1.82, 2.24) is 19.9 Å². The topological polar surface area (TPSA) is 93.0 Å². The predicted octanol–water partition coefficient (Wildman–Crippen LogP) is 3.80. The molecule has 38 heavy (non-hydrogen) atoms. The number of nitrogens with one attached hydrogen (secondary N) is 2. The summed E-state index contributed by atoms with van der Waals surface area (Å²) in [6.45, 7) is 6.06. The fraction of sp³-hybridized carbons (Fsp3) is 0.552. The number of carbonyl (C=O) groups is 1. The van der Waals surface area contributed by atoms with Gasteiger partial charge in [-0.2, -0.15) is 9.61 Å². The lowest BCUT2D eigenvalue weighted by Crippen LogP contribution is -2.46. The van der Waals surface area contributed by atoms with E-state index in [-0.39, 0.29) is 5.91 Å². The second-order valence-electron chi connectivity index (χ2n) is 11.3. The Morgan fingerprint density at radius 3 is 2.55 bits per heavy atom. The number of hydrogen-bond donors (Lipinski definition) is 2. The summed E-state index contributed by atoms with van der Waals surface area (Å²) in [5.74, 6) is 2.55. The Bertz CT molecular complexity index is 1330. The van der Waals surface area contributed by atoms with Crippen LogP contribution in [0.5, 0.6) is 0 Å². The van der Waals surface area contributed by atoms with E-state index in [1.54, 1.807) is 0 Å². The number of ether oxygens (including phenoxy) is 2. The van der Waals surface area contributed by atoms with E-state index in [1.165, 1.54) is 0 Å². The standard InChI is InChI=1S/C29H36N6O3/c1-18-12-20(2-7-24(18)29(36)32-21-3-4-21)25-15-31-35-26(30-14-19-8-10-37-11-9-19)13-27(33-28(25)35)34-22-5-6-23(34)17-38-16-22/h2,7,12-13,15,19,21-23,30H,3-6,8-11,14,16-17H2,1H3,(H,32,36). The van der Waals surface area contributed by atoms with Crippen LogP contribution in [0.4, 0.5) is 11.6 Å². The van der Waals surface area contributed by atoms with Gasteiger partial charge in [-0.15, -0.1) is 0 Å². The van der Waals surface area contributed by atoms with Gasteiger partial charge >= 0.3 is 0 Å². The number of aromatic nitrogens is 3. The summed E-state index contributed by atoms with van der Waals surface area (Å²) in [4.78, 5) is 20.4. The molecule has 2 bridgehead atoms. The van der Waals surface area contributed by atoms with Crippen LogP contribution in [0.3, 0.4) is 0 Å². The molecular weight excluding hydrogens is 480 g/mol. The molecule has 7 rings (SSSR count). The van der Waals surface area contributed by atoms with Crippen LogP contribution in [-0.4, -0.2) is 71.6 Å². The maximum Gasteiger partial charge on any atom is 0.251 e. The zero-order valence-corrected chi connectivity index (χ0v) is 22.0. The number of carbonyl (C=O) groups excluding carboxylic acids is 1. The molecule has 1 saturated carbocycles. The lowest BCUT2D eigenvalue weighted by atomic mass is 10.0. The van der Waals surface area contributed by atoms with E-state index in [2.05, 4.69) is 27.7 Å². The van der Waals surface area contributed by atoms with E-state index in [0.29, 0.717) is 24.0 Å². The first-order valence-corrected chi connectivity index (χ1v) is 14.1. The highest BCUT2D eigenvalue weighted by Gasteiger charge is 2.38. The number of fused-ring (bicyclic) bond motifs is 3. The second-order valence-corrected chi connectivity index (χ2v) is 11.3. The maximum absolute atomic E-state index is 12.7. The molecule has 3 aromatic rings. The summed E-state index contributed by atoms with van der Waals surface area (Å²) in [6, 6.07) is 9.27. The molecule has 3 aliphatic heterocycles. The summed E-state index contributed by atoms with van der Waals surface area (Å²) in [5.41, 5.74) is 4.51. The lowest BCUT2D eigenvalue weighted by molar-refractivity contribution is 0.0699. The van der Waals surface area contributed by atoms with E-state index in [0.717, 1.165) is 111 Å². The molecule has 0 spiro atoms. The zero-order valence-electron chi connectivity index (χ0n) is 22.0. The monoisotopic (exact) mass is 516 g/mol. The van der Waals surface area contributed by atoms with Gasteiger partial charge in [0.05, 0.1) is 31.5 Å². The minimum Gasteiger partial charge on any atom is -0.381 e. The first-order chi connectivity index (χ1) is 18.6. The first-order valence-electron chi connectivity index (χ1n) is 14.1. The molecule has 1 aromatic carbocycles. The molecule has 2 unspecified atom stereocenters. The van der Waals surface area contributed by atoms with E-state index in [1.807, 2.05) is 29.8 Å². The molecule has 9 nitrogen and oxygen atoms in total. The van der Waals surface area contributed by atoms with Crippen molar-refractivity contribution in [2.24, 2.45) is 5.92 Å². The van der Waals surface area contributed by atoms with Crippen LogP contribution in [0.15, 0.2) is 30.5 Å². The molecular formula is C29H36N6O3. The van der Waals surface area contributed by atoms with Crippen LogP contribution in [0, 0.1) is 12.8 Å². The number of amides is 1. The van der Waals surface area contributed by atoms with Crippen LogP contribution >= 0.6 is 0 Å². The quantitative estimate of drug-likeness (QED) is 0.493. The van der Waals surface area contributed by atoms with Crippen LogP contribution in [0.2, 0.25) is 0 Å². The number of morpholine rings is 1. The van der Waals surface area contributed by atoms with Gasteiger partial charge in [0.2, 0.25) is 0 Å². The van der Waals surface area contributed by atoms with Crippen LogP contribution in [0.1, 0.15) is 54.4 Å². The Hall–Kier alpha value is -3.17. The van der Waals surface area contributed by atoms with Gasteiger partial charge in [-0.3, -0.25) is 4.79 Å². The third-order valence-corrected chi connectivity index (χ3v) is 8.57. The van der Waals surface area contributed by atoms with Crippen molar-refractivity contribution in [3.05, 3.63) is 41.6 Å². The molecule has 2 atom stereocenters. The van der Waals surface area contributed by atoms with Gasteiger partial charge in [-0.05, 0) is 68.6 Å². The van der Waals surface area contributed by atoms with Gasteiger partial charge in [-0.25, -0.2) is 4.98 Å². The molecule has 3 saturated heterocycles. The first kappa shape index (κ1) is 23.9. The summed E-state index contributed by atoms with van der Waals surface area (Å²) >= 11 is 0. The summed E-state index contributed by atoms with van der Waals surface area (Å²) < 4.78 is 13.3. The highest BCUT2D eigenvalue weighted by molar-refractivity contribution is 5.97. The smallest absolute Gasteiger partial charge is 0.251 e. The Morgan fingerprint density at radius 2 is 1.82 bits per heavy atom. The fourth-order valence-electron chi connectivity index (χ4n) is 6.19. The van der Waals surface area contributed by atoms with Gasteiger partial charge in [-0.1, -0.05) is 12.1 Å². The Morgan fingerprint density at radius 1 is 1.03 bits per heavy atom. The summed E-state index contributed by atoms with van der Waals surface area (Å²) in [5, 5.41) is 11.6. The Balaban J connectivity index is 1.25. The molecule has 9 heteroatoms. The summed E-state index contributed by atoms with van der Waals surface area (Å²) in [7, 11) is 0. The fourth-order valence-corrected chi connectivity index (χ4v) is 6.19. The molecule has 4 fully saturated rings. The van der Waals surface area contributed by atoms with Crippen molar-refractivity contribution in [2.45, 2.75) is 63.6 Å². The molecule has 1 amide bonds. The SMILES string of the molecule is Cc1cc(-c2cnn3c(NCC4CCOCC4)cc(N4C5CCC4COC5)nc23)ccc1C(=O)NC1CC1. The normalized spacial score (nSPS) is 23.7. The number of aryl methyl sites for hydroxylation is 1. The second kappa shape index (κ2) is 9.85. The molecule has 4 aliphatic rings. The molecule has 2 N–H and O–H groups in total. The van der Waals surface area contributed by atoms with E-state index >= 15 is 0 Å². The van der Waals surface area contributed by atoms with Gasteiger partial charge in [0.15, 0.2) is 5.65 Å². The lowest BCUT2D eigenvalue weighted by Gasteiger charge is -2.36. The average Bonchev–Trinajstić information content (AvgIpc) is 3.58. The van der Waals surface area contributed by atoms with E-state index in [9.17, 15) is 4.79 Å². The molecule has 0 radical (unpaired) electrons. The van der Waals surface area contributed by atoms with Crippen molar-refractivity contribution in [1.29, 1.82) is 0 Å². The van der Waals surface area contributed by atoms with Crippen molar-refractivity contribution in [3.63, 3.8) is 0 Å². The van der Waals surface area contributed by atoms with Gasteiger partial charge < -0.3 is 25.0 Å². The molecule has 200 valence electrons. The molecule has 2 aromatic heterocycles. The minimum atomic E-state index is 0.0132. The average molecular weight is 517 g/mol. The highest BCUT2D eigenvalue weighted by atomic mass is 16.5. The number of anilines is 2. The Kier molecular flexibility index (Phi) is 6.20. The van der Waals surface area contributed by atoms with Gasteiger partial charge in [0.1, 0.15) is 11.6 Å². The van der Waals surface area contributed by atoms with Crippen molar-refractivity contribution in [2.75, 3.05) is 43.2 Å². The maximum atomic E-state index is 12.7. The van der Waals surface area contributed by atoms with Crippen LogP contribution in [-0.2, 0) is 9.47 Å². The number of rotatable bonds is 7. The summed E-state index contributed by atoms with van der Waals surface area (Å²) in [6.07, 6.45) is 8.48. The molecule has 5 heterocycles. The van der Waals surface area contributed by atoms with Crippen molar-refractivity contribution in [3.8, 4) is 11.1 Å². The third kappa shape index (κ3) is 4.52. The highest BCUT2D eigenvalue weighted by Crippen LogP contribution is 2.36. The zero-order chi connectivity index (χ0) is 25.6. The Labute approximate surface area is 222 Å². The van der Waals surface area contributed by atoms with E-state index < -0.39 is 0 Å². The largest absolute Gasteiger partial charge is 0.381 e. The van der Waals surface area contributed by atoms with E-state index in [4.69, 9.17) is 19.6 Å². The predicted molar refractivity (Wildman–Crippen MR) is 146 cm³/mol. The van der Waals surface area contributed by atoms with Crippen molar-refractivity contribution >= 4 is 23.2 Å². The van der Waals surface area contributed by atoms with Crippen molar-refractivity contribution < 1.29 is 14.3 Å².